The molecule has 2 rings (SSSR count). The second-order valence-electron chi connectivity index (χ2n) is 11.7. The number of alkyl halides is 3. The van der Waals surface area contributed by atoms with E-state index in [1.165, 1.54) is 11.1 Å². The molecule has 0 unspecified atom stereocenters. The predicted octanol–water partition coefficient (Wildman–Crippen LogP) is 8.26. The number of carboxylic acids is 1. The van der Waals surface area contributed by atoms with Gasteiger partial charge in [0.05, 0.1) is 0 Å². The number of hydrogen-bond acceptors (Lipinski definition) is 2. The van der Waals surface area contributed by atoms with Crippen LogP contribution in [0.15, 0.2) is 24.3 Å². The van der Waals surface area contributed by atoms with Crippen LogP contribution in [0.25, 0.3) is 0 Å². The Kier molecular flexibility index (Phi) is 10.7. The Morgan fingerprint density at radius 1 is 1.12 bits per heavy atom. The molecule has 0 aromatic heterocycles. The van der Waals surface area contributed by atoms with Crippen molar-refractivity contribution in [1.82, 2.24) is 4.90 Å². The van der Waals surface area contributed by atoms with Crippen LogP contribution in [0.2, 0.25) is 25.7 Å². The van der Waals surface area contributed by atoms with E-state index in [0.717, 1.165) is 38.3 Å². The highest BCUT2D eigenvalue weighted by Crippen LogP contribution is 2.40. The number of nitrogens with zero attached hydrogens (tertiary/aromatic N) is 1. The third kappa shape index (κ3) is 10.1. The average Bonchev–Trinajstić information content (AvgIpc) is 2.71. The molecule has 0 spiro atoms. The van der Waals surface area contributed by atoms with Crippen LogP contribution in [-0.4, -0.2) is 42.8 Å². The van der Waals surface area contributed by atoms with Gasteiger partial charge >= 0.3 is 12.1 Å². The molecule has 0 bridgehead atoms. The topological polar surface area (TPSA) is 40.5 Å². The van der Waals surface area contributed by atoms with Gasteiger partial charge in [0, 0.05) is 33.0 Å². The molecular weight excluding hydrogens is 455 g/mol. The Hall–Kier alpha value is -1.34. The number of benzene rings is 1. The van der Waals surface area contributed by atoms with Crippen LogP contribution in [0.3, 0.4) is 0 Å². The highest BCUT2D eigenvalue weighted by Gasteiger charge is 2.35. The lowest BCUT2D eigenvalue weighted by Crippen LogP contribution is -2.44. The number of unbranched alkanes of at least 4 members (excludes halogenated alkanes) is 1. The number of likely N-dealkylation sites (tertiary alicyclic amines) is 1. The Morgan fingerprint density at radius 3 is 2.29 bits per heavy atom. The lowest BCUT2D eigenvalue weighted by atomic mass is 9.83. The lowest BCUT2D eigenvalue weighted by molar-refractivity contribution is -0.139. The van der Waals surface area contributed by atoms with Gasteiger partial charge in [-0.3, -0.25) is 9.69 Å². The molecule has 7 heteroatoms. The van der Waals surface area contributed by atoms with Crippen molar-refractivity contribution in [2.75, 3.05) is 6.54 Å². The van der Waals surface area contributed by atoms with Crippen molar-refractivity contribution in [3.63, 3.8) is 0 Å². The summed E-state index contributed by atoms with van der Waals surface area (Å²) in [5, 5.41) is 9.38. The first-order chi connectivity index (χ1) is 15.7. The van der Waals surface area contributed by atoms with E-state index in [2.05, 4.69) is 62.7 Å². The number of rotatable bonds is 12. The van der Waals surface area contributed by atoms with Gasteiger partial charge < -0.3 is 5.11 Å². The van der Waals surface area contributed by atoms with E-state index in [9.17, 15) is 23.1 Å². The number of halogens is 3. The Labute approximate surface area is 205 Å². The van der Waals surface area contributed by atoms with Crippen LogP contribution < -0.4 is 0 Å². The monoisotopic (exact) mass is 499 g/mol. The Morgan fingerprint density at radius 2 is 1.76 bits per heavy atom. The summed E-state index contributed by atoms with van der Waals surface area (Å²) < 4.78 is 38.1. The fourth-order valence-corrected chi connectivity index (χ4v) is 6.34. The van der Waals surface area contributed by atoms with Crippen LogP contribution in [-0.2, 0) is 4.79 Å². The van der Waals surface area contributed by atoms with Crippen LogP contribution in [0, 0.1) is 5.92 Å². The van der Waals surface area contributed by atoms with Gasteiger partial charge in [0.15, 0.2) is 0 Å². The smallest absolute Gasteiger partial charge is 0.389 e. The van der Waals surface area contributed by atoms with Gasteiger partial charge in [-0.05, 0) is 61.6 Å². The first-order valence-electron chi connectivity index (χ1n) is 12.9. The first-order valence-corrected chi connectivity index (χ1v) is 16.6. The quantitative estimate of drug-likeness (QED) is 0.232. The van der Waals surface area contributed by atoms with E-state index in [4.69, 9.17) is 0 Å². The maximum Gasteiger partial charge on any atom is 0.389 e. The molecule has 0 amide bonds. The number of piperidine rings is 1. The van der Waals surface area contributed by atoms with E-state index in [-0.39, 0.29) is 30.8 Å². The predicted molar refractivity (Wildman–Crippen MR) is 136 cm³/mol. The van der Waals surface area contributed by atoms with Crippen LogP contribution in [0.4, 0.5) is 13.2 Å². The van der Waals surface area contributed by atoms with E-state index < -0.39 is 26.6 Å². The molecule has 1 N–H and O–H groups in total. The van der Waals surface area contributed by atoms with E-state index in [1.807, 2.05) is 0 Å². The molecule has 3 nitrogen and oxygen atoms in total. The van der Waals surface area contributed by atoms with Gasteiger partial charge in [-0.1, -0.05) is 70.2 Å². The van der Waals surface area contributed by atoms with Crippen LogP contribution in [0.1, 0.15) is 88.3 Å². The molecule has 1 aromatic carbocycles. The molecule has 1 heterocycles. The third-order valence-electron chi connectivity index (χ3n) is 7.15. The number of aliphatic carboxylic acids is 1. The van der Waals surface area contributed by atoms with Gasteiger partial charge in [0.2, 0.25) is 0 Å². The lowest BCUT2D eigenvalue weighted by Gasteiger charge is -2.45. The van der Waals surface area contributed by atoms with Gasteiger partial charge in [-0.25, -0.2) is 0 Å². The second-order valence-corrected chi connectivity index (χ2v) is 17.3. The van der Waals surface area contributed by atoms with Crippen molar-refractivity contribution < 1.29 is 23.1 Å². The van der Waals surface area contributed by atoms with Crippen molar-refractivity contribution in [3.05, 3.63) is 35.4 Å². The van der Waals surface area contributed by atoms with Crippen molar-refractivity contribution in [2.24, 2.45) is 5.92 Å². The summed E-state index contributed by atoms with van der Waals surface area (Å²) >= 11 is 0. The maximum absolute atomic E-state index is 12.7. The van der Waals surface area contributed by atoms with E-state index in [0.29, 0.717) is 12.3 Å². The highest BCUT2D eigenvalue weighted by atomic mass is 28.3. The molecule has 34 heavy (non-hydrogen) atoms. The zero-order valence-electron chi connectivity index (χ0n) is 21.6. The Bertz CT molecular complexity index is 759. The summed E-state index contributed by atoms with van der Waals surface area (Å²) in [5.74, 6) is -0.185. The standard InChI is InChI=1S/C27H44F3NO2Si/c1-20(2)22-9-11-23(12-10-22)25-18-21(19-26(32)33)13-16-31(25)24(14-17-34(3,4)5)8-6-7-15-27(28,29)30/h9-12,20-21,24-25H,6-8,13-19H2,1-5H3,(H,32,33)/t21-,24-,25+/m1/s1. The molecule has 1 saturated heterocycles. The molecular formula is C27H44F3NO2Si. The molecule has 1 aromatic rings. The average molecular weight is 500 g/mol. The summed E-state index contributed by atoms with van der Waals surface area (Å²) in [4.78, 5) is 13.9. The highest BCUT2D eigenvalue weighted by molar-refractivity contribution is 6.76. The van der Waals surface area contributed by atoms with Crippen molar-refractivity contribution >= 4 is 14.0 Å². The minimum absolute atomic E-state index is 0.119. The SMILES string of the molecule is CC(C)c1ccc([C@@H]2C[C@H](CC(=O)O)CCN2[C@H](CCCCC(F)(F)F)CC[Si](C)(C)C)cc1. The largest absolute Gasteiger partial charge is 0.481 e. The zero-order chi connectivity index (χ0) is 25.5. The fraction of sp³-hybridized carbons (Fsp3) is 0.741. The summed E-state index contributed by atoms with van der Waals surface area (Å²) in [6, 6.07) is 10.2. The van der Waals surface area contributed by atoms with E-state index in [1.54, 1.807) is 0 Å². The van der Waals surface area contributed by atoms with Gasteiger partial charge in [0.25, 0.3) is 0 Å². The van der Waals surface area contributed by atoms with Crippen molar-refractivity contribution in [2.45, 2.75) is 115 Å². The summed E-state index contributed by atoms with van der Waals surface area (Å²) in [6.45, 7) is 12.2. The minimum atomic E-state index is -4.09. The van der Waals surface area contributed by atoms with Gasteiger partial charge in [-0.15, -0.1) is 0 Å². The van der Waals surface area contributed by atoms with Gasteiger partial charge in [-0.2, -0.15) is 13.2 Å². The van der Waals surface area contributed by atoms with Crippen molar-refractivity contribution in [3.8, 4) is 0 Å². The molecule has 0 radical (unpaired) electrons. The zero-order valence-corrected chi connectivity index (χ0v) is 22.6. The van der Waals surface area contributed by atoms with E-state index >= 15 is 0 Å². The van der Waals surface area contributed by atoms with Gasteiger partial charge in [0.1, 0.15) is 0 Å². The molecule has 0 aliphatic carbocycles. The number of hydrogen-bond donors (Lipinski definition) is 1. The Balaban J connectivity index is 2.25. The summed E-state index contributed by atoms with van der Waals surface area (Å²) in [7, 11) is -1.30. The minimum Gasteiger partial charge on any atom is -0.481 e. The van der Waals surface area contributed by atoms with Crippen molar-refractivity contribution in [1.29, 1.82) is 0 Å². The molecule has 194 valence electrons. The molecule has 1 aliphatic heterocycles. The normalized spacial score (nSPS) is 21.1. The molecule has 1 fully saturated rings. The number of carboxylic acid groups (broad SMARTS) is 1. The maximum atomic E-state index is 12.7. The fourth-order valence-electron chi connectivity index (χ4n) is 5.14. The van der Waals surface area contributed by atoms with Crippen LogP contribution >= 0.6 is 0 Å². The van der Waals surface area contributed by atoms with Crippen LogP contribution in [0.5, 0.6) is 0 Å². The second kappa shape index (κ2) is 12.6. The third-order valence-corrected chi connectivity index (χ3v) is 8.94. The molecule has 3 atom stereocenters. The molecule has 1 aliphatic rings. The summed E-state index contributed by atoms with van der Waals surface area (Å²) in [5.41, 5.74) is 2.48. The summed E-state index contributed by atoms with van der Waals surface area (Å²) in [6.07, 6.45) is -0.479. The first kappa shape index (κ1) is 28.9. The molecule has 0 saturated carbocycles. The number of carbonyl (C=O) groups is 1.